The topological polar surface area (TPSA) is 38.9 Å². The minimum atomic E-state index is 0.671. The monoisotopic (exact) mass is 218 g/mol. The van der Waals surface area contributed by atoms with Crippen LogP contribution in [0.25, 0.3) is 0 Å². The number of aromatic nitrogens is 1. The lowest BCUT2D eigenvalue weighted by Gasteiger charge is -1.99. The van der Waals surface area contributed by atoms with E-state index in [1.54, 1.807) is 0 Å². The molecule has 0 aliphatic carbocycles. The molecule has 0 saturated carbocycles. The Hall–Kier alpha value is -1.35. The lowest BCUT2D eigenvalue weighted by Crippen LogP contribution is -1.91. The number of aryl methyl sites for hydroxylation is 2. The van der Waals surface area contributed by atoms with Crippen molar-refractivity contribution in [3.05, 3.63) is 47.0 Å². The number of benzene rings is 1. The summed E-state index contributed by atoms with van der Waals surface area (Å²) >= 11 is 1.52. The van der Waals surface area contributed by atoms with Gasteiger partial charge in [0.1, 0.15) is 0 Å². The average molecular weight is 218 g/mol. The number of hydrogen-bond donors (Lipinski definition) is 1. The number of nitrogen functional groups attached to an aromatic ring is 1. The minimum absolute atomic E-state index is 0.671. The molecule has 2 rings (SSSR count). The zero-order chi connectivity index (χ0) is 10.5. The van der Waals surface area contributed by atoms with E-state index < -0.39 is 0 Å². The number of rotatable bonds is 4. The fraction of sp³-hybridized carbons (Fsp3) is 0.250. The van der Waals surface area contributed by atoms with Crippen molar-refractivity contribution in [3.63, 3.8) is 0 Å². The highest BCUT2D eigenvalue weighted by Gasteiger charge is 1.98. The van der Waals surface area contributed by atoms with Crippen LogP contribution in [0.5, 0.6) is 0 Å². The van der Waals surface area contributed by atoms with Gasteiger partial charge in [0.25, 0.3) is 0 Å². The third-order valence-corrected chi connectivity index (χ3v) is 3.03. The van der Waals surface area contributed by atoms with Gasteiger partial charge in [0.2, 0.25) is 0 Å². The molecule has 2 aromatic rings. The number of hydrogen-bond acceptors (Lipinski definition) is 3. The molecule has 0 aliphatic heterocycles. The van der Waals surface area contributed by atoms with Gasteiger partial charge in [0.05, 0.1) is 5.69 Å². The van der Waals surface area contributed by atoms with Crippen LogP contribution >= 0.6 is 11.3 Å². The highest BCUT2D eigenvalue weighted by molar-refractivity contribution is 7.13. The van der Waals surface area contributed by atoms with Crippen LogP contribution in [-0.4, -0.2) is 4.98 Å². The first-order valence-corrected chi connectivity index (χ1v) is 5.96. The standard InChI is InChI=1S/C12H14N2S/c13-12-14-11(9-15-12)8-4-7-10-5-2-1-3-6-10/h1-3,5-6,9H,4,7-8H2,(H2,13,14). The molecule has 0 bridgehead atoms. The highest BCUT2D eigenvalue weighted by atomic mass is 32.1. The molecule has 0 radical (unpaired) electrons. The van der Waals surface area contributed by atoms with Crippen molar-refractivity contribution in [2.24, 2.45) is 0 Å². The van der Waals surface area contributed by atoms with E-state index in [1.165, 1.54) is 16.9 Å². The zero-order valence-electron chi connectivity index (χ0n) is 8.52. The van der Waals surface area contributed by atoms with Crippen LogP contribution in [0.1, 0.15) is 17.7 Å². The molecule has 0 amide bonds. The molecule has 2 N–H and O–H groups in total. The van der Waals surface area contributed by atoms with Gasteiger partial charge in [-0.2, -0.15) is 0 Å². The van der Waals surface area contributed by atoms with E-state index in [2.05, 4.69) is 29.2 Å². The SMILES string of the molecule is Nc1nc(CCCc2ccccc2)cs1. The van der Waals surface area contributed by atoms with Crippen molar-refractivity contribution < 1.29 is 0 Å². The fourth-order valence-corrected chi connectivity index (χ4v) is 2.15. The largest absolute Gasteiger partial charge is 0.375 e. The van der Waals surface area contributed by atoms with Crippen molar-refractivity contribution in [1.29, 1.82) is 0 Å². The first-order chi connectivity index (χ1) is 7.34. The lowest BCUT2D eigenvalue weighted by atomic mass is 10.1. The first kappa shape index (κ1) is 10.2. The molecule has 0 atom stereocenters. The molecular formula is C12H14N2S. The molecule has 1 aromatic heterocycles. The van der Waals surface area contributed by atoms with Crippen molar-refractivity contribution in [2.75, 3.05) is 5.73 Å². The van der Waals surface area contributed by atoms with Crippen LogP contribution in [-0.2, 0) is 12.8 Å². The van der Waals surface area contributed by atoms with Crippen molar-refractivity contribution in [3.8, 4) is 0 Å². The smallest absolute Gasteiger partial charge is 0.180 e. The van der Waals surface area contributed by atoms with Gasteiger partial charge in [-0.25, -0.2) is 4.98 Å². The number of thiazole rings is 1. The Morgan fingerprint density at radius 2 is 1.93 bits per heavy atom. The Kier molecular flexibility index (Phi) is 3.35. The van der Waals surface area contributed by atoms with Gasteiger partial charge >= 0.3 is 0 Å². The van der Waals surface area contributed by atoms with E-state index in [4.69, 9.17) is 5.73 Å². The third-order valence-electron chi connectivity index (χ3n) is 2.31. The summed E-state index contributed by atoms with van der Waals surface area (Å²) in [5, 5.41) is 2.71. The maximum atomic E-state index is 5.57. The summed E-state index contributed by atoms with van der Waals surface area (Å²) < 4.78 is 0. The van der Waals surface area contributed by atoms with Crippen molar-refractivity contribution in [1.82, 2.24) is 4.98 Å². The Bertz CT molecular complexity index is 409. The van der Waals surface area contributed by atoms with Crippen LogP contribution in [0.4, 0.5) is 5.13 Å². The fourth-order valence-electron chi connectivity index (χ4n) is 1.56. The van der Waals surface area contributed by atoms with Crippen LogP contribution in [0.3, 0.4) is 0 Å². The summed E-state index contributed by atoms with van der Waals surface area (Å²) in [5.41, 5.74) is 8.08. The molecule has 3 heteroatoms. The van der Waals surface area contributed by atoms with Crippen LogP contribution in [0.15, 0.2) is 35.7 Å². The van der Waals surface area contributed by atoms with Gasteiger partial charge in [0, 0.05) is 5.38 Å². The molecule has 15 heavy (non-hydrogen) atoms. The Labute approximate surface area is 93.8 Å². The maximum absolute atomic E-state index is 5.57. The van der Waals surface area contributed by atoms with E-state index in [-0.39, 0.29) is 0 Å². The number of nitrogens with zero attached hydrogens (tertiary/aromatic N) is 1. The van der Waals surface area contributed by atoms with Gasteiger partial charge in [-0.15, -0.1) is 11.3 Å². The first-order valence-electron chi connectivity index (χ1n) is 5.08. The molecule has 0 aliphatic rings. The predicted molar refractivity (Wildman–Crippen MR) is 65.0 cm³/mol. The summed E-state index contributed by atoms with van der Waals surface area (Å²) in [5.74, 6) is 0. The summed E-state index contributed by atoms with van der Waals surface area (Å²) in [7, 11) is 0. The number of nitrogens with two attached hydrogens (primary N) is 1. The lowest BCUT2D eigenvalue weighted by molar-refractivity contribution is 0.805. The predicted octanol–water partition coefficient (Wildman–Crippen LogP) is 2.90. The van der Waals surface area contributed by atoms with E-state index in [9.17, 15) is 0 Å². The molecule has 0 fully saturated rings. The van der Waals surface area contributed by atoms with Gasteiger partial charge in [-0.3, -0.25) is 0 Å². The van der Waals surface area contributed by atoms with Gasteiger partial charge in [-0.05, 0) is 24.8 Å². The molecule has 0 saturated heterocycles. The van der Waals surface area contributed by atoms with Crippen LogP contribution in [0.2, 0.25) is 0 Å². The maximum Gasteiger partial charge on any atom is 0.180 e. The molecule has 2 nitrogen and oxygen atoms in total. The van der Waals surface area contributed by atoms with Gasteiger partial charge < -0.3 is 5.73 Å². The average Bonchev–Trinajstić information content (AvgIpc) is 2.66. The zero-order valence-corrected chi connectivity index (χ0v) is 9.33. The second-order valence-electron chi connectivity index (χ2n) is 3.52. The molecule has 78 valence electrons. The quantitative estimate of drug-likeness (QED) is 0.857. The summed E-state index contributed by atoms with van der Waals surface area (Å²) in [4.78, 5) is 4.24. The van der Waals surface area contributed by atoms with E-state index in [1.807, 2.05) is 11.4 Å². The Balaban J connectivity index is 1.80. The van der Waals surface area contributed by atoms with Crippen LogP contribution in [0, 0.1) is 0 Å². The van der Waals surface area contributed by atoms with Gasteiger partial charge in [0.15, 0.2) is 5.13 Å². The summed E-state index contributed by atoms with van der Waals surface area (Å²) in [6.07, 6.45) is 3.26. The second-order valence-corrected chi connectivity index (χ2v) is 4.41. The third kappa shape index (κ3) is 3.06. The summed E-state index contributed by atoms with van der Waals surface area (Å²) in [6.45, 7) is 0. The Morgan fingerprint density at radius 3 is 2.60 bits per heavy atom. The highest BCUT2D eigenvalue weighted by Crippen LogP contribution is 2.13. The molecule has 0 spiro atoms. The summed E-state index contributed by atoms with van der Waals surface area (Å²) in [6, 6.07) is 10.5. The second kappa shape index (κ2) is 4.94. The minimum Gasteiger partial charge on any atom is -0.375 e. The molecule has 0 unspecified atom stereocenters. The normalized spacial score (nSPS) is 10.4. The van der Waals surface area contributed by atoms with E-state index in [0.29, 0.717) is 5.13 Å². The van der Waals surface area contributed by atoms with Gasteiger partial charge in [-0.1, -0.05) is 30.3 Å². The molecule has 1 heterocycles. The van der Waals surface area contributed by atoms with E-state index in [0.717, 1.165) is 25.0 Å². The van der Waals surface area contributed by atoms with Crippen LogP contribution < -0.4 is 5.73 Å². The molecular weight excluding hydrogens is 204 g/mol. The van der Waals surface area contributed by atoms with Crippen molar-refractivity contribution >= 4 is 16.5 Å². The number of anilines is 1. The van der Waals surface area contributed by atoms with Crippen molar-refractivity contribution in [2.45, 2.75) is 19.3 Å². The Morgan fingerprint density at radius 1 is 1.13 bits per heavy atom. The van der Waals surface area contributed by atoms with E-state index >= 15 is 0 Å². The molecule has 1 aromatic carbocycles.